The molecule has 0 aliphatic heterocycles. The third kappa shape index (κ3) is 3.65. The number of rotatable bonds is 5. The number of benzene rings is 1. The van der Waals surface area contributed by atoms with Crippen LogP contribution < -0.4 is 5.73 Å². The van der Waals surface area contributed by atoms with Gasteiger partial charge in [0.05, 0.1) is 6.04 Å². The van der Waals surface area contributed by atoms with Crippen LogP contribution in [0.1, 0.15) is 17.4 Å². The van der Waals surface area contributed by atoms with E-state index in [9.17, 15) is 4.39 Å². The van der Waals surface area contributed by atoms with Crippen LogP contribution in [0, 0.1) is 5.82 Å². The van der Waals surface area contributed by atoms with Crippen molar-refractivity contribution in [3.8, 4) is 0 Å². The molecule has 0 aliphatic carbocycles. The molecule has 0 fully saturated rings. The van der Waals surface area contributed by atoms with Crippen molar-refractivity contribution in [2.24, 2.45) is 5.73 Å². The SMILES string of the molecule is CN(Cc1ccc(F)cc1)C(CN)c1ccc(Br)o1. The lowest BCUT2D eigenvalue weighted by Gasteiger charge is -2.25. The molecule has 5 heteroatoms. The highest BCUT2D eigenvalue weighted by atomic mass is 79.9. The molecule has 0 saturated carbocycles. The predicted octanol–water partition coefficient (Wildman–Crippen LogP) is 3.31. The lowest BCUT2D eigenvalue weighted by molar-refractivity contribution is 0.211. The van der Waals surface area contributed by atoms with Gasteiger partial charge in [-0.1, -0.05) is 12.1 Å². The summed E-state index contributed by atoms with van der Waals surface area (Å²) in [6, 6.07) is 10.2. The fourth-order valence-corrected chi connectivity index (χ4v) is 2.33. The normalized spacial score (nSPS) is 12.9. The third-order valence-electron chi connectivity index (χ3n) is 3.02. The molecule has 0 radical (unpaired) electrons. The Kier molecular flexibility index (Phi) is 4.74. The molecule has 2 aromatic rings. The van der Waals surface area contributed by atoms with Gasteiger partial charge in [0.15, 0.2) is 4.67 Å². The number of hydrogen-bond acceptors (Lipinski definition) is 3. The molecule has 1 heterocycles. The topological polar surface area (TPSA) is 42.4 Å². The second-order valence-electron chi connectivity index (χ2n) is 4.43. The van der Waals surface area contributed by atoms with E-state index in [4.69, 9.17) is 10.2 Å². The van der Waals surface area contributed by atoms with E-state index in [1.54, 1.807) is 12.1 Å². The lowest BCUT2D eigenvalue weighted by Crippen LogP contribution is -2.29. The average molecular weight is 327 g/mol. The molecule has 1 aromatic carbocycles. The van der Waals surface area contributed by atoms with Gasteiger partial charge in [-0.05, 0) is 52.8 Å². The summed E-state index contributed by atoms with van der Waals surface area (Å²) in [5, 5.41) is 0. The molecule has 3 nitrogen and oxygen atoms in total. The first-order valence-corrected chi connectivity index (χ1v) is 6.79. The molecular weight excluding hydrogens is 311 g/mol. The smallest absolute Gasteiger partial charge is 0.169 e. The highest BCUT2D eigenvalue weighted by Gasteiger charge is 2.19. The highest BCUT2D eigenvalue weighted by molar-refractivity contribution is 9.10. The highest BCUT2D eigenvalue weighted by Crippen LogP contribution is 2.24. The van der Waals surface area contributed by atoms with Crippen molar-refractivity contribution in [3.63, 3.8) is 0 Å². The fraction of sp³-hybridized carbons (Fsp3) is 0.286. The summed E-state index contributed by atoms with van der Waals surface area (Å²) in [4.78, 5) is 2.08. The minimum Gasteiger partial charge on any atom is -0.453 e. The maximum atomic E-state index is 12.9. The molecule has 0 saturated heterocycles. The van der Waals surface area contributed by atoms with Crippen LogP contribution in [-0.2, 0) is 6.54 Å². The van der Waals surface area contributed by atoms with E-state index in [-0.39, 0.29) is 11.9 Å². The number of nitrogens with two attached hydrogens (primary N) is 1. The van der Waals surface area contributed by atoms with Crippen molar-refractivity contribution in [2.75, 3.05) is 13.6 Å². The fourth-order valence-electron chi connectivity index (χ4n) is 2.01. The number of likely N-dealkylation sites (N-methyl/N-ethyl adjacent to an activating group) is 1. The molecule has 19 heavy (non-hydrogen) atoms. The Labute approximate surface area is 120 Å². The molecule has 0 spiro atoms. The minimum absolute atomic E-state index is 0.00338. The van der Waals surface area contributed by atoms with Crippen LogP contribution in [0.5, 0.6) is 0 Å². The number of furan rings is 1. The Morgan fingerprint density at radius 2 is 1.95 bits per heavy atom. The predicted molar refractivity (Wildman–Crippen MR) is 76.1 cm³/mol. The first-order valence-electron chi connectivity index (χ1n) is 6.00. The molecule has 0 aliphatic rings. The van der Waals surface area contributed by atoms with Gasteiger partial charge >= 0.3 is 0 Å². The average Bonchev–Trinajstić information content (AvgIpc) is 2.80. The Bertz CT molecular complexity index is 526. The molecule has 2 N–H and O–H groups in total. The molecule has 2 rings (SSSR count). The van der Waals surface area contributed by atoms with E-state index < -0.39 is 0 Å². The van der Waals surface area contributed by atoms with Gasteiger partial charge in [-0.15, -0.1) is 0 Å². The van der Waals surface area contributed by atoms with E-state index >= 15 is 0 Å². The van der Waals surface area contributed by atoms with Crippen LogP contribution in [0.3, 0.4) is 0 Å². The molecule has 1 unspecified atom stereocenters. The Morgan fingerprint density at radius 3 is 2.47 bits per heavy atom. The summed E-state index contributed by atoms with van der Waals surface area (Å²) < 4.78 is 19.1. The van der Waals surface area contributed by atoms with Gasteiger partial charge < -0.3 is 10.2 Å². The maximum Gasteiger partial charge on any atom is 0.169 e. The molecule has 0 amide bonds. The van der Waals surface area contributed by atoms with E-state index in [1.165, 1.54) is 12.1 Å². The molecule has 102 valence electrons. The largest absolute Gasteiger partial charge is 0.453 e. The van der Waals surface area contributed by atoms with Gasteiger partial charge in [-0.2, -0.15) is 0 Å². The van der Waals surface area contributed by atoms with E-state index in [2.05, 4.69) is 20.8 Å². The van der Waals surface area contributed by atoms with Crippen LogP contribution in [0.4, 0.5) is 4.39 Å². The van der Waals surface area contributed by atoms with Crippen LogP contribution in [0.15, 0.2) is 45.5 Å². The van der Waals surface area contributed by atoms with Gasteiger partial charge in [0, 0.05) is 13.1 Å². The standard InChI is InChI=1S/C14H16BrFN2O/c1-18(9-10-2-4-11(16)5-3-10)12(8-17)13-6-7-14(15)19-13/h2-7,12H,8-9,17H2,1H3. The van der Waals surface area contributed by atoms with Gasteiger partial charge in [-0.25, -0.2) is 4.39 Å². The van der Waals surface area contributed by atoms with Crippen LogP contribution in [0.25, 0.3) is 0 Å². The van der Waals surface area contributed by atoms with Crippen LogP contribution >= 0.6 is 15.9 Å². The quantitative estimate of drug-likeness (QED) is 0.916. The van der Waals surface area contributed by atoms with Gasteiger partial charge in [0.25, 0.3) is 0 Å². The summed E-state index contributed by atoms with van der Waals surface area (Å²) in [5.74, 6) is 0.593. The Balaban J connectivity index is 2.08. The summed E-state index contributed by atoms with van der Waals surface area (Å²) >= 11 is 3.29. The summed E-state index contributed by atoms with van der Waals surface area (Å²) in [5.41, 5.74) is 6.85. The zero-order chi connectivity index (χ0) is 13.8. The number of hydrogen-bond donors (Lipinski definition) is 1. The second kappa shape index (κ2) is 6.32. The van der Waals surface area contributed by atoms with Crippen molar-refractivity contribution < 1.29 is 8.81 Å². The minimum atomic E-state index is -0.225. The van der Waals surface area contributed by atoms with E-state index in [1.807, 2.05) is 19.2 Å². The first kappa shape index (κ1) is 14.2. The zero-order valence-corrected chi connectivity index (χ0v) is 12.2. The van der Waals surface area contributed by atoms with Gasteiger partial charge in [0.1, 0.15) is 11.6 Å². The maximum absolute atomic E-state index is 12.9. The van der Waals surface area contributed by atoms with Crippen molar-refractivity contribution in [1.29, 1.82) is 0 Å². The number of halogens is 2. The van der Waals surface area contributed by atoms with Crippen molar-refractivity contribution in [2.45, 2.75) is 12.6 Å². The van der Waals surface area contributed by atoms with Crippen molar-refractivity contribution in [1.82, 2.24) is 4.90 Å². The Hall–Kier alpha value is -1.17. The summed E-state index contributed by atoms with van der Waals surface area (Å²) in [6.07, 6.45) is 0. The van der Waals surface area contributed by atoms with Gasteiger partial charge in [-0.3, -0.25) is 4.90 Å². The molecule has 0 bridgehead atoms. The molecule has 1 atom stereocenters. The van der Waals surface area contributed by atoms with E-state index in [0.29, 0.717) is 17.8 Å². The van der Waals surface area contributed by atoms with Crippen molar-refractivity contribution in [3.05, 3.63) is 58.2 Å². The first-order chi connectivity index (χ1) is 9.10. The summed E-state index contributed by atoms with van der Waals surface area (Å²) in [6.45, 7) is 1.14. The van der Waals surface area contributed by atoms with Gasteiger partial charge in [0.2, 0.25) is 0 Å². The third-order valence-corrected chi connectivity index (χ3v) is 3.45. The number of nitrogens with zero attached hydrogens (tertiary/aromatic N) is 1. The monoisotopic (exact) mass is 326 g/mol. The summed E-state index contributed by atoms with van der Waals surface area (Å²) in [7, 11) is 1.97. The zero-order valence-electron chi connectivity index (χ0n) is 10.6. The Morgan fingerprint density at radius 1 is 1.26 bits per heavy atom. The van der Waals surface area contributed by atoms with E-state index in [0.717, 1.165) is 11.3 Å². The molecular formula is C14H16BrFN2O. The van der Waals surface area contributed by atoms with Crippen LogP contribution in [0.2, 0.25) is 0 Å². The lowest BCUT2D eigenvalue weighted by atomic mass is 10.1. The molecule has 1 aromatic heterocycles. The second-order valence-corrected chi connectivity index (χ2v) is 5.22. The van der Waals surface area contributed by atoms with Crippen LogP contribution in [-0.4, -0.2) is 18.5 Å². The van der Waals surface area contributed by atoms with Crippen molar-refractivity contribution >= 4 is 15.9 Å².